The molecule has 1 aromatic heterocycles. The fourth-order valence-corrected chi connectivity index (χ4v) is 2.33. The van der Waals surface area contributed by atoms with Crippen molar-refractivity contribution in [2.24, 2.45) is 0 Å². The van der Waals surface area contributed by atoms with Gasteiger partial charge in [0.25, 0.3) is 5.69 Å². The normalized spacial score (nSPS) is 11.4. The van der Waals surface area contributed by atoms with Crippen molar-refractivity contribution in [3.63, 3.8) is 0 Å². The van der Waals surface area contributed by atoms with Gasteiger partial charge in [-0.05, 0) is 25.5 Å². The molecule has 1 N–H and O–H groups in total. The zero-order chi connectivity index (χ0) is 18.9. The van der Waals surface area contributed by atoms with Crippen molar-refractivity contribution >= 4 is 28.9 Å². The summed E-state index contributed by atoms with van der Waals surface area (Å²) >= 11 is 5.60. The fraction of sp³-hybridized carbons (Fsp3) is 0.286. The monoisotopic (exact) mass is 376 g/mol. The molecule has 0 spiro atoms. The van der Waals surface area contributed by atoms with Crippen LogP contribution in [-0.2, 0) is 17.5 Å². The third-order valence-electron chi connectivity index (χ3n) is 3.32. The molecule has 1 heterocycles. The number of carbonyl (C=O) groups excluding carboxylic acids is 1. The van der Waals surface area contributed by atoms with Crippen molar-refractivity contribution in [1.29, 1.82) is 0 Å². The average Bonchev–Trinajstić information content (AvgIpc) is 2.77. The Bertz CT molecular complexity index is 849. The van der Waals surface area contributed by atoms with Gasteiger partial charge in [0.15, 0.2) is 5.69 Å². The summed E-state index contributed by atoms with van der Waals surface area (Å²) in [5.74, 6) is -0.775. The van der Waals surface area contributed by atoms with Crippen molar-refractivity contribution in [2.75, 3.05) is 5.32 Å². The number of aryl methyl sites for hydroxylation is 1. The van der Waals surface area contributed by atoms with E-state index in [1.165, 1.54) is 19.1 Å². The van der Waals surface area contributed by atoms with Gasteiger partial charge in [-0.2, -0.15) is 18.3 Å². The van der Waals surface area contributed by atoms with E-state index in [9.17, 15) is 28.1 Å². The van der Waals surface area contributed by atoms with Crippen LogP contribution in [0.15, 0.2) is 18.2 Å². The Labute approximate surface area is 144 Å². The highest BCUT2D eigenvalue weighted by Gasteiger charge is 2.38. The van der Waals surface area contributed by atoms with E-state index in [-0.39, 0.29) is 17.1 Å². The number of alkyl halides is 3. The number of nitro groups is 1. The first-order valence-corrected chi connectivity index (χ1v) is 7.23. The molecule has 0 fully saturated rings. The molecule has 0 aliphatic rings. The van der Waals surface area contributed by atoms with E-state index in [0.29, 0.717) is 5.56 Å². The molecule has 0 saturated heterocycles. The Kier molecular flexibility index (Phi) is 5.02. The number of carbonyl (C=O) groups is 1. The summed E-state index contributed by atoms with van der Waals surface area (Å²) in [6.07, 6.45) is -4.75. The molecule has 0 atom stereocenters. The van der Waals surface area contributed by atoms with Crippen molar-refractivity contribution in [3.05, 3.63) is 50.3 Å². The SMILES string of the molecule is Cc1ccc(NC(=O)Cn2nc(C(F)(F)F)c(Cl)c2C)c([N+](=O)[O-])c1. The Morgan fingerprint density at radius 3 is 2.56 bits per heavy atom. The van der Waals surface area contributed by atoms with Gasteiger partial charge in [-0.15, -0.1) is 0 Å². The molecule has 25 heavy (non-hydrogen) atoms. The number of nitrogens with one attached hydrogen (secondary N) is 1. The maximum atomic E-state index is 12.8. The maximum Gasteiger partial charge on any atom is 0.436 e. The maximum absolute atomic E-state index is 12.8. The van der Waals surface area contributed by atoms with Crippen molar-refractivity contribution in [3.8, 4) is 0 Å². The van der Waals surface area contributed by atoms with E-state index in [2.05, 4.69) is 10.4 Å². The van der Waals surface area contributed by atoms with E-state index in [4.69, 9.17) is 11.6 Å². The number of benzene rings is 1. The second-order valence-corrected chi connectivity index (χ2v) is 5.61. The van der Waals surface area contributed by atoms with Gasteiger partial charge in [-0.1, -0.05) is 17.7 Å². The number of amides is 1. The van der Waals surface area contributed by atoms with E-state index in [0.717, 1.165) is 4.68 Å². The Morgan fingerprint density at radius 1 is 1.40 bits per heavy atom. The number of hydrogen-bond acceptors (Lipinski definition) is 4. The molecule has 1 aromatic carbocycles. The number of halogens is 4. The van der Waals surface area contributed by atoms with Crippen LogP contribution in [0, 0.1) is 24.0 Å². The van der Waals surface area contributed by atoms with Gasteiger partial charge in [-0.3, -0.25) is 19.6 Å². The Hall–Kier alpha value is -2.62. The molecule has 0 aliphatic carbocycles. The molecule has 2 rings (SSSR count). The number of aromatic nitrogens is 2. The first-order valence-electron chi connectivity index (χ1n) is 6.85. The molecule has 0 bridgehead atoms. The second kappa shape index (κ2) is 6.71. The van der Waals surface area contributed by atoms with Gasteiger partial charge in [0, 0.05) is 6.07 Å². The molecular formula is C14H12ClF3N4O3. The molecule has 0 saturated carbocycles. The minimum atomic E-state index is -4.75. The number of rotatable bonds is 4. The first kappa shape index (κ1) is 18.7. The predicted molar refractivity (Wildman–Crippen MR) is 83.4 cm³/mol. The van der Waals surface area contributed by atoms with Gasteiger partial charge in [0.2, 0.25) is 5.91 Å². The standard InChI is InChI=1S/C14H12ClF3N4O3/c1-7-3-4-9(10(5-7)22(24)25)19-11(23)6-21-8(2)12(15)13(20-21)14(16,17)18/h3-5H,6H2,1-2H3,(H,19,23). The minimum Gasteiger partial charge on any atom is -0.319 e. The van der Waals surface area contributed by atoms with E-state index >= 15 is 0 Å². The van der Waals surface area contributed by atoms with Crippen LogP contribution in [0.5, 0.6) is 0 Å². The van der Waals surface area contributed by atoms with Crippen LogP contribution in [0.4, 0.5) is 24.5 Å². The first-order chi connectivity index (χ1) is 11.5. The highest BCUT2D eigenvalue weighted by atomic mass is 35.5. The topological polar surface area (TPSA) is 90.1 Å². The van der Waals surface area contributed by atoms with Crippen LogP contribution >= 0.6 is 11.6 Å². The largest absolute Gasteiger partial charge is 0.436 e. The number of hydrogen-bond donors (Lipinski definition) is 1. The van der Waals surface area contributed by atoms with Crippen LogP contribution in [-0.4, -0.2) is 20.6 Å². The van der Waals surface area contributed by atoms with Crippen LogP contribution in [0.3, 0.4) is 0 Å². The Morgan fingerprint density at radius 2 is 2.04 bits per heavy atom. The third kappa shape index (κ3) is 4.08. The van der Waals surface area contributed by atoms with E-state index in [1.54, 1.807) is 13.0 Å². The van der Waals surface area contributed by atoms with Crippen LogP contribution in [0.1, 0.15) is 17.0 Å². The van der Waals surface area contributed by atoms with Gasteiger partial charge in [0.1, 0.15) is 12.2 Å². The summed E-state index contributed by atoms with van der Waals surface area (Å²) in [7, 11) is 0. The van der Waals surface area contributed by atoms with Gasteiger partial charge < -0.3 is 5.32 Å². The fourth-order valence-electron chi connectivity index (χ4n) is 2.08. The number of nitrogens with zero attached hydrogens (tertiary/aromatic N) is 3. The van der Waals surface area contributed by atoms with Crippen molar-refractivity contribution < 1.29 is 22.9 Å². The highest BCUT2D eigenvalue weighted by Crippen LogP contribution is 2.35. The quantitative estimate of drug-likeness (QED) is 0.650. The summed E-state index contributed by atoms with van der Waals surface area (Å²) in [6, 6.07) is 4.17. The summed E-state index contributed by atoms with van der Waals surface area (Å²) in [5, 5.41) is 16.0. The van der Waals surface area contributed by atoms with E-state index < -0.39 is 34.3 Å². The number of anilines is 1. The van der Waals surface area contributed by atoms with Gasteiger partial charge in [0.05, 0.1) is 15.6 Å². The second-order valence-electron chi connectivity index (χ2n) is 5.23. The average molecular weight is 377 g/mol. The minimum absolute atomic E-state index is 0.0393. The molecule has 11 heteroatoms. The summed E-state index contributed by atoms with van der Waals surface area (Å²) < 4.78 is 39.1. The molecule has 0 aliphatic heterocycles. The third-order valence-corrected chi connectivity index (χ3v) is 3.77. The van der Waals surface area contributed by atoms with Gasteiger partial charge >= 0.3 is 6.18 Å². The molecular weight excluding hydrogens is 365 g/mol. The molecule has 0 unspecified atom stereocenters. The highest BCUT2D eigenvalue weighted by molar-refractivity contribution is 6.32. The van der Waals surface area contributed by atoms with Crippen molar-refractivity contribution in [1.82, 2.24) is 9.78 Å². The molecule has 1 amide bonds. The summed E-state index contributed by atoms with van der Waals surface area (Å²) in [5.41, 5.74) is -1.09. The van der Waals surface area contributed by atoms with E-state index in [1.807, 2.05) is 0 Å². The van der Waals surface area contributed by atoms with Crippen LogP contribution in [0.25, 0.3) is 0 Å². The zero-order valence-corrected chi connectivity index (χ0v) is 13.8. The molecule has 134 valence electrons. The predicted octanol–water partition coefficient (Wildman–Crippen LogP) is 3.72. The summed E-state index contributed by atoms with van der Waals surface area (Å²) in [4.78, 5) is 22.4. The Balaban J connectivity index is 2.24. The van der Waals surface area contributed by atoms with Crippen molar-refractivity contribution in [2.45, 2.75) is 26.6 Å². The molecule has 2 aromatic rings. The summed E-state index contributed by atoms with van der Waals surface area (Å²) in [6.45, 7) is 2.35. The smallest absolute Gasteiger partial charge is 0.319 e. The molecule has 0 radical (unpaired) electrons. The lowest BCUT2D eigenvalue weighted by Gasteiger charge is -2.08. The number of nitro benzene ring substituents is 1. The van der Waals surface area contributed by atoms with Gasteiger partial charge in [-0.25, -0.2) is 0 Å². The zero-order valence-electron chi connectivity index (χ0n) is 13.0. The lowest BCUT2D eigenvalue weighted by Crippen LogP contribution is -2.21. The lowest BCUT2D eigenvalue weighted by atomic mass is 10.2. The van der Waals surface area contributed by atoms with Crippen LogP contribution in [0.2, 0.25) is 5.02 Å². The van der Waals surface area contributed by atoms with Crippen LogP contribution < -0.4 is 5.32 Å². The lowest BCUT2D eigenvalue weighted by molar-refractivity contribution is -0.384. The molecule has 7 nitrogen and oxygen atoms in total.